The Morgan fingerprint density at radius 3 is 2.64 bits per heavy atom. The second-order valence-electron chi connectivity index (χ2n) is 5.01. The van der Waals surface area contributed by atoms with Gasteiger partial charge in [0.15, 0.2) is 12.2 Å². The van der Waals surface area contributed by atoms with Gasteiger partial charge in [-0.25, -0.2) is 9.18 Å². The molecule has 7 heteroatoms. The number of pyridine rings is 1. The number of hydrogen-bond donors (Lipinski definition) is 1. The van der Waals surface area contributed by atoms with Crippen LogP contribution in [-0.4, -0.2) is 14.1 Å². The molecule has 1 N–H and O–H groups in total. The highest BCUT2D eigenvalue weighted by molar-refractivity contribution is 5.74. The second-order valence-corrected chi connectivity index (χ2v) is 5.01. The van der Waals surface area contributed by atoms with E-state index in [0.717, 1.165) is 17.4 Å². The van der Waals surface area contributed by atoms with Gasteiger partial charge in [0.2, 0.25) is 0 Å². The number of fused-ring (bicyclic) bond motifs is 1. The Morgan fingerprint density at radius 2 is 2.05 bits per heavy atom. The fourth-order valence-electron chi connectivity index (χ4n) is 2.43. The molecule has 118 valence electrons. The summed E-state index contributed by atoms with van der Waals surface area (Å²) in [5, 5.41) is -0.209. The number of aromatic nitrogens is 3. The summed E-state index contributed by atoms with van der Waals surface area (Å²) in [6.07, 6.45) is 3.55. The lowest BCUT2D eigenvalue weighted by atomic mass is 10.1. The van der Waals surface area contributed by atoms with Crippen molar-refractivity contribution in [2.75, 3.05) is 0 Å². The summed E-state index contributed by atoms with van der Waals surface area (Å²) in [7, 11) is 0. The third-order valence-corrected chi connectivity index (χ3v) is 3.54. The van der Waals surface area contributed by atoms with Crippen LogP contribution < -0.4 is 16.7 Å². The topological polar surface area (TPSA) is 76.9 Å². The molecule has 0 fully saturated rings. The first kappa shape index (κ1) is 15.9. The molecule has 0 saturated heterocycles. The van der Waals surface area contributed by atoms with Crippen LogP contribution in [0, 0.1) is 0 Å². The Labute approximate surface area is 125 Å². The molecule has 2 aromatic heterocycles. The maximum absolute atomic E-state index is 13.4. The molecule has 0 bridgehead atoms. The van der Waals surface area contributed by atoms with Gasteiger partial charge < -0.3 is 4.57 Å². The minimum absolute atomic E-state index is 0.0171. The summed E-state index contributed by atoms with van der Waals surface area (Å²) < 4.78 is 15.4. The molecule has 0 aromatic carbocycles. The number of nitrogens with one attached hydrogen (secondary N) is 1. The van der Waals surface area contributed by atoms with Crippen LogP contribution >= 0.6 is 0 Å². The number of aromatic amines is 1. The molecule has 2 rings (SSSR count). The molecular formula is C15H18FN3O3. The van der Waals surface area contributed by atoms with E-state index in [1.54, 1.807) is 0 Å². The lowest BCUT2D eigenvalue weighted by Crippen LogP contribution is -2.38. The Morgan fingerprint density at radius 1 is 1.32 bits per heavy atom. The summed E-state index contributed by atoms with van der Waals surface area (Å²) in [6, 6.07) is 1.27. The summed E-state index contributed by atoms with van der Waals surface area (Å²) in [5.41, 5.74) is -1.51. The Bertz CT molecular complexity index is 876. The van der Waals surface area contributed by atoms with Gasteiger partial charge in [0.1, 0.15) is 11.0 Å². The number of aryl methyl sites for hydroxylation is 1. The predicted octanol–water partition coefficient (Wildman–Crippen LogP) is 1.31. The first-order valence-corrected chi connectivity index (χ1v) is 7.11. The third kappa shape index (κ3) is 2.66. The van der Waals surface area contributed by atoms with Crippen molar-refractivity contribution < 1.29 is 4.39 Å². The Hall–Kier alpha value is -2.44. The number of H-pyrrole nitrogens is 1. The number of unbranched alkanes of at least 4 members (excludes halogenated alkanes) is 1. The molecule has 6 nitrogen and oxygen atoms in total. The molecule has 0 aliphatic carbocycles. The van der Waals surface area contributed by atoms with E-state index < -0.39 is 23.5 Å². The lowest BCUT2D eigenvalue weighted by molar-refractivity contribution is 0.373. The van der Waals surface area contributed by atoms with Crippen molar-refractivity contribution in [3.63, 3.8) is 0 Å². The van der Waals surface area contributed by atoms with Crippen molar-refractivity contribution in [3.05, 3.63) is 55.5 Å². The average molecular weight is 307 g/mol. The molecule has 0 aliphatic heterocycles. The summed E-state index contributed by atoms with van der Waals surface area (Å²) >= 11 is 0. The van der Waals surface area contributed by atoms with E-state index in [0.29, 0.717) is 12.1 Å². The molecule has 0 aliphatic rings. The van der Waals surface area contributed by atoms with Crippen molar-refractivity contribution in [1.82, 2.24) is 14.1 Å². The second kappa shape index (κ2) is 6.55. The van der Waals surface area contributed by atoms with Gasteiger partial charge in [-0.15, -0.1) is 6.58 Å². The van der Waals surface area contributed by atoms with Crippen LogP contribution in [0.15, 0.2) is 33.1 Å². The van der Waals surface area contributed by atoms with Crippen LogP contribution in [0.25, 0.3) is 11.0 Å². The first-order valence-electron chi connectivity index (χ1n) is 7.11. The molecule has 0 saturated carbocycles. The highest BCUT2D eigenvalue weighted by Crippen LogP contribution is 2.10. The minimum Gasteiger partial charge on any atom is -0.302 e. The van der Waals surface area contributed by atoms with Gasteiger partial charge in [0.05, 0.1) is 0 Å². The van der Waals surface area contributed by atoms with E-state index in [9.17, 15) is 18.8 Å². The fourth-order valence-corrected chi connectivity index (χ4v) is 2.43. The van der Waals surface area contributed by atoms with Crippen LogP contribution in [0.1, 0.15) is 25.5 Å². The van der Waals surface area contributed by atoms with Crippen molar-refractivity contribution in [2.24, 2.45) is 0 Å². The quantitative estimate of drug-likeness (QED) is 0.817. The zero-order valence-electron chi connectivity index (χ0n) is 12.4. The molecule has 0 amide bonds. The van der Waals surface area contributed by atoms with Crippen LogP contribution in [0.4, 0.5) is 4.39 Å². The first-order chi connectivity index (χ1) is 10.5. The van der Waals surface area contributed by atoms with Gasteiger partial charge in [-0.2, -0.15) is 0 Å². The summed E-state index contributed by atoms with van der Waals surface area (Å²) in [5.74, 6) is 0. The lowest BCUT2D eigenvalue weighted by Gasteiger charge is -2.13. The van der Waals surface area contributed by atoms with Crippen LogP contribution in [-0.2, 0) is 19.8 Å². The fraction of sp³-hybridized carbons (Fsp3) is 0.400. The zero-order valence-corrected chi connectivity index (χ0v) is 12.4. The van der Waals surface area contributed by atoms with Crippen molar-refractivity contribution >= 4 is 11.0 Å². The minimum atomic E-state index is -0.920. The van der Waals surface area contributed by atoms with Crippen molar-refractivity contribution in [3.8, 4) is 0 Å². The van der Waals surface area contributed by atoms with Crippen LogP contribution in [0.2, 0.25) is 0 Å². The number of alkyl halides is 1. The molecule has 0 atom stereocenters. The van der Waals surface area contributed by atoms with E-state index in [4.69, 9.17) is 0 Å². The van der Waals surface area contributed by atoms with Gasteiger partial charge in [0.25, 0.3) is 5.56 Å². The predicted molar refractivity (Wildman–Crippen MR) is 83.0 cm³/mol. The summed E-state index contributed by atoms with van der Waals surface area (Å²) in [4.78, 5) is 38.9. The standard InChI is InChI=1S/C15H18FN3O3/c1-3-5-6-10-8-11(20)12-13(19(10)9-16)17-15(22)18(7-4-2)14(12)21/h4,8H,2-3,5-7,9H2,1H3,(H,17,22). The molecule has 2 heterocycles. The van der Waals surface area contributed by atoms with E-state index >= 15 is 0 Å². The third-order valence-electron chi connectivity index (χ3n) is 3.54. The maximum Gasteiger partial charge on any atom is 0.330 e. The van der Waals surface area contributed by atoms with Crippen molar-refractivity contribution in [2.45, 2.75) is 39.5 Å². The Balaban J connectivity index is 2.87. The smallest absolute Gasteiger partial charge is 0.302 e. The average Bonchev–Trinajstić information content (AvgIpc) is 2.48. The SMILES string of the molecule is C=CCn1c(=O)[nH]c2c(c(=O)cc(CCCC)n2CF)c1=O. The Kier molecular flexibility index (Phi) is 4.75. The molecule has 22 heavy (non-hydrogen) atoms. The number of hydrogen-bond acceptors (Lipinski definition) is 3. The molecular weight excluding hydrogens is 289 g/mol. The molecule has 0 radical (unpaired) electrons. The van der Waals surface area contributed by atoms with E-state index in [2.05, 4.69) is 11.6 Å². The van der Waals surface area contributed by atoms with Gasteiger partial charge in [-0.3, -0.25) is 19.1 Å². The van der Waals surface area contributed by atoms with Crippen LogP contribution in [0.5, 0.6) is 0 Å². The molecule has 0 unspecified atom stereocenters. The highest BCUT2D eigenvalue weighted by atomic mass is 19.1. The molecule has 0 spiro atoms. The maximum atomic E-state index is 13.4. The highest BCUT2D eigenvalue weighted by Gasteiger charge is 2.15. The number of nitrogens with zero attached hydrogens (tertiary/aromatic N) is 2. The van der Waals surface area contributed by atoms with Gasteiger partial charge in [-0.05, 0) is 12.8 Å². The van der Waals surface area contributed by atoms with E-state index in [1.807, 2.05) is 6.92 Å². The van der Waals surface area contributed by atoms with Gasteiger partial charge in [0, 0.05) is 18.3 Å². The number of rotatable bonds is 6. The number of halogens is 1. The molecule has 2 aromatic rings. The summed E-state index contributed by atoms with van der Waals surface area (Å²) in [6.45, 7) is 4.51. The van der Waals surface area contributed by atoms with Gasteiger partial charge in [-0.1, -0.05) is 19.4 Å². The monoisotopic (exact) mass is 307 g/mol. The van der Waals surface area contributed by atoms with Gasteiger partial charge >= 0.3 is 5.69 Å². The van der Waals surface area contributed by atoms with E-state index in [-0.39, 0.29) is 17.6 Å². The number of allylic oxidation sites excluding steroid dienone is 1. The van der Waals surface area contributed by atoms with Crippen molar-refractivity contribution in [1.29, 1.82) is 0 Å². The van der Waals surface area contributed by atoms with Crippen LogP contribution in [0.3, 0.4) is 0 Å². The largest absolute Gasteiger partial charge is 0.330 e. The normalized spacial score (nSPS) is 11.0. The van der Waals surface area contributed by atoms with E-state index in [1.165, 1.54) is 16.7 Å². The zero-order chi connectivity index (χ0) is 16.3.